The normalized spacial score (nSPS) is 25.6. The summed E-state index contributed by atoms with van der Waals surface area (Å²) >= 11 is 8.39. The number of carbonyl (C=O) groups is 5. The van der Waals surface area contributed by atoms with Crippen molar-refractivity contribution in [2.75, 3.05) is 37.7 Å². The van der Waals surface area contributed by atoms with Crippen molar-refractivity contribution < 1.29 is 53.7 Å². The second-order valence-corrected chi connectivity index (χ2v) is 16.0. The van der Waals surface area contributed by atoms with E-state index in [1.165, 1.54) is 43.1 Å². The van der Waals surface area contributed by atoms with Crippen LogP contribution in [-0.2, 0) is 24.0 Å². The average molecular weight is 777 g/mol. The van der Waals surface area contributed by atoms with Gasteiger partial charge in [-0.25, -0.2) is 4.98 Å². The summed E-state index contributed by atoms with van der Waals surface area (Å²) in [6, 6.07) is 1.33. The molecule has 0 radical (unpaired) electrons. The smallest absolute Gasteiger partial charge is 0.276 e. The SMILES string of the molecule is CC(C)(O/N=C(\C(=O)N[C@@H]1C(=O)N2C(C(=O)[O-])=C(C[N+]34CCCC3(CNC(=O)c3ccc(O)c(O)c3Cl)CCC4)CS[C@H]12)c1csc(N)n1)C(=O)[O-]. The van der Waals surface area contributed by atoms with E-state index in [-0.39, 0.29) is 39.4 Å². The maximum absolute atomic E-state index is 13.6. The molecule has 4 aliphatic heterocycles. The molecule has 0 bridgehead atoms. The van der Waals surface area contributed by atoms with Gasteiger partial charge in [0.05, 0.1) is 47.9 Å². The number of nitrogens with one attached hydrogen (secondary N) is 2. The number of quaternary nitrogens is 1. The van der Waals surface area contributed by atoms with Gasteiger partial charge in [0.2, 0.25) is 0 Å². The maximum atomic E-state index is 13.6. The Bertz CT molecular complexity index is 1920. The van der Waals surface area contributed by atoms with Crippen LogP contribution < -0.4 is 26.6 Å². The summed E-state index contributed by atoms with van der Waals surface area (Å²) in [4.78, 5) is 74.5. The van der Waals surface area contributed by atoms with Gasteiger partial charge in [-0.1, -0.05) is 16.8 Å². The van der Waals surface area contributed by atoms with Crippen LogP contribution in [0.2, 0.25) is 5.02 Å². The summed E-state index contributed by atoms with van der Waals surface area (Å²) in [6.45, 7) is 4.34. The van der Waals surface area contributed by atoms with Gasteiger partial charge in [0.1, 0.15) is 29.2 Å². The number of carbonyl (C=O) groups excluding carboxylic acids is 5. The average Bonchev–Trinajstić information content (AvgIpc) is 3.77. The van der Waals surface area contributed by atoms with E-state index in [9.17, 15) is 44.4 Å². The first-order chi connectivity index (χ1) is 24.5. The van der Waals surface area contributed by atoms with E-state index < -0.39 is 69.4 Å². The number of phenols is 2. The highest BCUT2D eigenvalue weighted by molar-refractivity contribution is 8.00. The highest BCUT2D eigenvalue weighted by Crippen LogP contribution is 2.49. The Labute approximate surface area is 310 Å². The van der Waals surface area contributed by atoms with Gasteiger partial charge in [0, 0.05) is 42.4 Å². The number of anilines is 1. The molecule has 0 aliphatic carbocycles. The van der Waals surface area contributed by atoms with Crippen molar-refractivity contribution in [1.82, 2.24) is 20.5 Å². The van der Waals surface area contributed by atoms with Gasteiger partial charge in [0.15, 0.2) is 27.9 Å². The lowest BCUT2D eigenvalue weighted by Gasteiger charge is -2.52. The molecule has 1 aromatic carbocycles. The number of amides is 3. The zero-order valence-corrected chi connectivity index (χ0v) is 30.4. The van der Waals surface area contributed by atoms with E-state index in [0.717, 1.165) is 55.0 Å². The van der Waals surface area contributed by atoms with Crippen LogP contribution in [0.3, 0.4) is 0 Å². The molecular formula is C32H35ClN7O10S2-. The van der Waals surface area contributed by atoms with Crippen LogP contribution in [0.15, 0.2) is 33.9 Å². The van der Waals surface area contributed by atoms with E-state index in [0.29, 0.717) is 16.6 Å². The molecule has 2 atom stereocenters. The first-order valence-electron chi connectivity index (χ1n) is 16.2. The quantitative estimate of drug-likeness (QED) is 0.0572. The van der Waals surface area contributed by atoms with Crippen molar-refractivity contribution in [1.29, 1.82) is 0 Å². The monoisotopic (exact) mass is 776 g/mol. The molecule has 52 heavy (non-hydrogen) atoms. The van der Waals surface area contributed by atoms with Crippen molar-refractivity contribution in [2.24, 2.45) is 5.16 Å². The number of benzene rings is 1. The van der Waals surface area contributed by atoms with E-state index in [4.69, 9.17) is 22.2 Å². The fourth-order valence-electron chi connectivity index (χ4n) is 7.51. The predicted molar refractivity (Wildman–Crippen MR) is 183 cm³/mol. The van der Waals surface area contributed by atoms with Crippen molar-refractivity contribution >= 4 is 75.2 Å². The zero-order valence-electron chi connectivity index (χ0n) is 28.0. The van der Waals surface area contributed by atoms with Crippen molar-refractivity contribution in [2.45, 2.75) is 62.1 Å². The first kappa shape index (κ1) is 37.2. The van der Waals surface area contributed by atoms with Crippen molar-refractivity contribution in [3.63, 3.8) is 0 Å². The van der Waals surface area contributed by atoms with Crippen LogP contribution >= 0.6 is 34.7 Å². The van der Waals surface area contributed by atoms with Gasteiger partial charge >= 0.3 is 0 Å². The Morgan fingerprint density at radius 3 is 2.52 bits per heavy atom. The number of nitrogen functional groups attached to an aromatic ring is 1. The summed E-state index contributed by atoms with van der Waals surface area (Å²) < 4.78 is 0.500. The van der Waals surface area contributed by atoms with E-state index in [1.54, 1.807) is 0 Å². The fourth-order valence-corrected chi connectivity index (χ4v) is 9.64. The van der Waals surface area contributed by atoms with Gasteiger partial charge in [-0.05, 0) is 26.0 Å². The van der Waals surface area contributed by atoms with Gasteiger partial charge in [-0.2, -0.15) is 0 Å². The van der Waals surface area contributed by atoms with Gasteiger partial charge in [0.25, 0.3) is 17.7 Å². The highest BCUT2D eigenvalue weighted by Gasteiger charge is 2.60. The number of thiazole rings is 1. The van der Waals surface area contributed by atoms with Crippen molar-refractivity contribution in [3.05, 3.63) is 45.1 Å². The Hall–Kier alpha value is -4.59. The number of oxime groups is 1. The Morgan fingerprint density at radius 1 is 1.21 bits per heavy atom. The minimum absolute atomic E-state index is 0.0000954. The number of rotatable bonds is 12. The largest absolute Gasteiger partial charge is 0.546 e. The molecule has 20 heteroatoms. The number of aromatic hydroxyl groups is 2. The number of phenolic OH excluding ortho intramolecular Hbond substituents is 2. The standard InChI is InChI=1S/C32H36ClN7O10S2/c1-31(2,29(48)49)50-38-20(17-13-52-30(34)36-17)25(44)37-21-26(45)39-22(28(46)47)15(12-51-27(21)39)11-40-9-3-7-32(40,8-4-10-40)14-35-24(43)16-5-6-18(41)23(42)19(16)33/h5-6,13,21,27H,3-4,7-12,14H2,1-2H3,(H7-,34,35,36,37,38,41,42,43,44,46,47,48,49)/p-1/t21-,27-,32?,40?/m1/s1. The zero-order chi connectivity index (χ0) is 37.7. The molecule has 6 rings (SSSR count). The maximum Gasteiger partial charge on any atom is 0.276 e. The third-order valence-corrected chi connectivity index (χ3v) is 12.6. The Morgan fingerprint density at radius 2 is 1.90 bits per heavy atom. The summed E-state index contributed by atoms with van der Waals surface area (Å²) in [5.41, 5.74) is 3.16. The Kier molecular flexibility index (Phi) is 9.83. The van der Waals surface area contributed by atoms with Crippen molar-refractivity contribution in [3.8, 4) is 11.5 Å². The number of carboxylic acid groups (broad SMARTS) is 2. The van der Waals surface area contributed by atoms with E-state index in [1.807, 2.05) is 0 Å². The third-order valence-electron chi connectivity index (χ3n) is 10.2. The second-order valence-electron chi connectivity index (χ2n) is 13.7. The number of halogens is 1. The molecule has 17 nitrogen and oxygen atoms in total. The number of aromatic nitrogens is 1. The lowest BCUT2D eigenvalue weighted by Crippen LogP contribution is -2.72. The lowest BCUT2D eigenvalue weighted by molar-refractivity contribution is -0.946. The molecule has 3 fully saturated rings. The minimum Gasteiger partial charge on any atom is -0.546 e. The topological polar surface area (TPSA) is 260 Å². The molecule has 278 valence electrons. The van der Waals surface area contributed by atoms with Gasteiger partial charge in [-0.15, -0.1) is 23.1 Å². The second kappa shape index (κ2) is 13.8. The number of aliphatic carboxylic acids is 2. The number of hydrogen-bond acceptors (Lipinski definition) is 15. The van der Waals surface area contributed by atoms with Gasteiger partial charge in [-0.3, -0.25) is 19.3 Å². The molecule has 6 N–H and O–H groups in total. The van der Waals surface area contributed by atoms with Crippen LogP contribution in [0.4, 0.5) is 5.13 Å². The molecule has 0 spiro atoms. The van der Waals surface area contributed by atoms with Crippen LogP contribution in [-0.4, -0.2) is 114 Å². The molecule has 1 aromatic heterocycles. The molecule has 3 saturated heterocycles. The van der Waals surface area contributed by atoms with Crippen LogP contribution in [0.25, 0.3) is 0 Å². The highest BCUT2D eigenvalue weighted by atomic mass is 35.5. The fraction of sp³-hybridized carbons (Fsp3) is 0.469. The molecule has 0 saturated carbocycles. The predicted octanol–water partition coefficient (Wildman–Crippen LogP) is -0.984. The Balaban J connectivity index is 1.20. The summed E-state index contributed by atoms with van der Waals surface area (Å²) in [5, 5.41) is 53.5. The summed E-state index contributed by atoms with van der Waals surface area (Å²) in [6.07, 6.45) is 3.19. The minimum atomic E-state index is -1.91. The van der Waals surface area contributed by atoms with Crippen LogP contribution in [0.1, 0.15) is 55.6 Å². The number of carboxylic acids is 2. The molecule has 3 amide bonds. The van der Waals surface area contributed by atoms with Crippen LogP contribution in [0, 0.1) is 0 Å². The number of nitrogens with two attached hydrogens (primary N) is 1. The third kappa shape index (κ3) is 6.39. The lowest BCUT2D eigenvalue weighted by atomic mass is 9.91. The molecule has 5 heterocycles. The molecular weight excluding hydrogens is 742 g/mol. The summed E-state index contributed by atoms with van der Waals surface area (Å²) in [7, 11) is 0. The first-order valence-corrected chi connectivity index (χ1v) is 18.5. The van der Waals surface area contributed by atoms with Gasteiger partial charge < -0.3 is 55.7 Å². The van der Waals surface area contributed by atoms with Crippen LogP contribution in [0.5, 0.6) is 11.5 Å². The number of nitrogens with zero attached hydrogens (tertiary/aromatic N) is 4. The number of hydrogen-bond donors (Lipinski definition) is 5. The number of thioether (sulfide) groups is 1. The number of fused-ring (bicyclic) bond motifs is 2. The summed E-state index contributed by atoms with van der Waals surface area (Å²) in [5.74, 6) is -6.10. The molecule has 0 unspecified atom stereocenters. The van der Waals surface area contributed by atoms with E-state index in [2.05, 4.69) is 20.8 Å². The molecule has 4 aliphatic rings. The number of β-lactam (4-membered cyclic amide) rings is 1. The molecule has 2 aromatic rings. The van der Waals surface area contributed by atoms with E-state index >= 15 is 0 Å².